The van der Waals surface area contributed by atoms with Crippen LogP contribution in [0.3, 0.4) is 0 Å². The Balaban J connectivity index is 2.92. The van der Waals surface area contributed by atoms with Crippen molar-refractivity contribution in [3.63, 3.8) is 0 Å². The molecule has 1 aliphatic rings. The second-order valence-corrected chi connectivity index (χ2v) is 3.46. The van der Waals surface area contributed by atoms with Gasteiger partial charge in [-0.15, -0.1) is 0 Å². The summed E-state index contributed by atoms with van der Waals surface area (Å²) in [6, 6.07) is -0.379. The molecule has 0 aromatic heterocycles. The fourth-order valence-corrected chi connectivity index (χ4v) is 1.77. The highest BCUT2D eigenvalue weighted by molar-refractivity contribution is 5.77. The Bertz CT molecular complexity index is 248. The van der Waals surface area contributed by atoms with Crippen molar-refractivity contribution in [2.24, 2.45) is 0 Å². The maximum Gasteiger partial charge on any atom is 0.328 e. The zero-order chi connectivity index (χ0) is 12.3. The third-order valence-corrected chi connectivity index (χ3v) is 2.45. The van der Waals surface area contributed by atoms with Gasteiger partial charge in [0.25, 0.3) is 0 Å². The summed E-state index contributed by atoms with van der Waals surface area (Å²) >= 11 is 0. The summed E-state index contributed by atoms with van der Waals surface area (Å²) in [7, 11) is 4.40. The van der Waals surface area contributed by atoms with Crippen molar-refractivity contribution in [1.82, 2.24) is 9.80 Å². The Kier molecular flexibility index (Phi) is 4.48. The van der Waals surface area contributed by atoms with Crippen molar-refractivity contribution in [1.29, 1.82) is 0 Å². The lowest BCUT2D eigenvalue weighted by molar-refractivity contribution is -0.142. The third-order valence-electron chi connectivity index (χ3n) is 2.45. The van der Waals surface area contributed by atoms with Crippen LogP contribution in [0.1, 0.15) is 6.92 Å². The molecule has 2 amide bonds. The van der Waals surface area contributed by atoms with Crippen LogP contribution in [0.2, 0.25) is 0 Å². The van der Waals surface area contributed by atoms with Crippen LogP contribution in [0.25, 0.3) is 0 Å². The van der Waals surface area contributed by atoms with Crippen molar-refractivity contribution in [3.8, 4) is 0 Å². The quantitative estimate of drug-likeness (QED) is 0.701. The number of nitrogens with zero attached hydrogens (tertiary/aromatic N) is 2. The van der Waals surface area contributed by atoms with E-state index in [9.17, 15) is 9.90 Å². The Hall–Kier alpha value is -0.890. The van der Waals surface area contributed by atoms with Gasteiger partial charge in [0.05, 0.1) is 0 Å². The zero-order valence-electron chi connectivity index (χ0n) is 9.91. The van der Waals surface area contributed by atoms with Crippen LogP contribution in [0.15, 0.2) is 0 Å². The summed E-state index contributed by atoms with van der Waals surface area (Å²) in [5, 5.41) is 9.53. The van der Waals surface area contributed by atoms with Crippen LogP contribution in [-0.4, -0.2) is 67.7 Å². The van der Waals surface area contributed by atoms with E-state index in [1.54, 1.807) is 0 Å². The fraction of sp³-hybridized carbons (Fsp3) is 0.889. The van der Waals surface area contributed by atoms with Crippen molar-refractivity contribution in [2.45, 2.75) is 25.6 Å². The predicted octanol–water partition coefficient (Wildman–Crippen LogP) is -0.389. The molecule has 0 saturated carbocycles. The molecule has 1 heterocycles. The van der Waals surface area contributed by atoms with E-state index in [-0.39, 0.29) is 12.8 Å². The van der Waals surface area contributed by atoms with Crippen molar-refractivity contribution in [2.75, 3.05) is 28.1 Å². The lowest BCUT2D eigenvalue weighted by Gasteiger charge is -2.26. The minimum Gasteiger partial charge on any atom is -0.374 e. The monoisotopic (exact) mass is 234 g/mol. The van der Waals surface area contributed by atoms with Gasteiger partial charge in [-0.3, -0.25) is 9.80 Å². The average Bonchev–Trinajstić information content (AvgIpc) is 2.52. The highest BCUT2D eigenvalue weighted by atomic mass is 16.6. The molecule has 1 aliphatic heterocycles. The van der Waals surface area contributed by atoms with E-state index < -0.39 is 18.7 Å². The second kappa shape index (κ2) is 5.44. The maximum atomic E-state index is 11.9. The van der Waals surface area contributed by atoms with Crippen molar-refractivity contribution < 1.29 is 24.1 Å². The maximum absolute atomic E-state index is 11.9. The molecular weight excluding hydrogens is 216 g/mol. The fourth-order valence-electron chi connectivity index (χ4n) is 1.77. The number of amides is 2. The topological polar surface area (TPSA) is 71.5 Å². The number of methoxy groups -OCH3 is 3. The molecule has 1 rings (SSSR count). The number of urea groups is 1. The van der Waals surface area contributed by atoms with Crippen LogP contribution in [0.4, 0.5) is 4.79 Å². The molecule has 0 aliphatic carbocycles. The Morgan fingerprint density at radius 3 is 2.25 bits per heavy atom. The van der Waals surface area contributed by atoms with Crippen LogP contribution in [-0.2, 0) is 14.2 Å². The highest BCUT2D eigenvalue weighted by Gasteiger charge is 2.48. The summed E-state index contributed by atoms with van der Waals surface area (Å²) in [5.41, 5.74) is 0. The molecular formula is C9H18N2O5. The summed E-state index contributed by atoms with van der Waals surface area (Å²) < 4.78 is 15.2. The molecule has 3 atom stereocenters. The Morgan fingerprint density at radius 2 is 1.88 bits per heavy atom. The summed E-state index contributed by atoms with van der Waals surface area (Å²) in [4.78, 5) is 14.5. The largest absolute Gasteiger partial charge is 0.374 e. The number of carbonyl (C=O) groups excluding carboxylic acids is 1. The molecule has 7 nitrogen and oxygen atoms in total. The first kappa shape index (κ1) is 13.2. The molecule has 16 heavy (non-hydrogen) atoms. The first-order valence-corrected chi connectivity index (χ1v) is 4.90. The molecule has 0 aromatic carbocycles. The number of rotatable bonds is 5. The van der Waals surface area contributed by atoms with Crippen LogP contribution in [0, 0.1) is 0 Å². The Morgan fingerprint density at radius 1 is 1.31 bits per heavy atom. The van der Waals surface area contributed by atoms with Gasteiger partial charge in [-0.25, -0.2) is 4.79 Å². The first-order valence-electron chi connectivity index (χ1n) is 4.90. The molecule has 7 heteroatoms. The highest BCUT2D eigenvalue weighted by Crippen LogP contribution is 2.25. The minimum atomic E-state index is -0.947. The van der Waals surface area contributed by atoms with Gasteiger partial charge in [0.2, 0.25) is 0 Å². The molecule has 0 bridgehead atoms. The average molecular weight is 234 g/mol. The molecule has 0 radical (unpaired) electrons. The van der Waals surface area contributed by atoms with Gasteiger partial charge in [-0.2, -0.15) is 0 Å². The van der Waals surface area contributed by atoms with Gasteiger partial charge >= 0.3 is 6.03 Å². The molecule has 3 unspecified atom stereocenters. The van der Waals surface area contributed by atoms with E-state index in [4.69, 9.17) is 14.2 Å². The van der Waals surface area contributed by atoms with E-state index in [1.807, 2.05) is 0 Å². The van der Waals surface area contributed by atoms with Crippen LogP contribution < -0.4 is 0 Å². The van der Waals surface area contributed by atoms with Gasteiger partial charge < -0.3 is 19.3 Å². The lowest BCUT2D eigenvalue weighted by atomic mass is 10.4. The van der Waals surface area contributed by atoms with Crippen LogP contribution >= 0.6 is 0 Å². The van der Waals surface area contributed by atoms with Crippen LogP contribution in [0.5, 0.6) is 0 Å². The van der Waals surface area contributed by atoms with Crippen molar-refractivity contribution >= 4 is 6.03 Å². The van der Waals surface area contributed by atoms with E-state index >= 15 is 0 Å². The molecule has 1 saturated heterocycles. The van der Waals surface area contributed by atoms with Gasteiger partial charge in [0, 0.05) is 21.3 Å². The number of carbonyl (C=O) groups is 1. The normalized spacial score (nSPS) is 27.7. The second-order valence-electron chi connectivity index (χ2n) is 3.46. The van der Waals surface area contributed by atoms with Gasteiger partial charge in [0.1, 0.15) is 13.0 Å². The summed E-state index contributed by atoms with van der Waals surface area (Å²) in [5.74, 6) is 0. The van der Waals surface area contributed by atoms with Gasteiger partial charge in [-0.05, 0) is 6.92 Å². The lowest BCUT2D eigenvalue weighted by Crippen LogP contribution is -2.44. The predicted molar refractivity (Wildman–Crippen MR) is 54.2 cm³/mol. The third kappa shape index (κ3) is 2.12. The van der Waals surface area contributed by atoms with E-state index in [2.05, 4.69) is 0 Å². The van der Waals surface area contributed by atoms with Gasteiger partial charge in [0.15, 0.2) is 12.5 Å². The minimum absolute atomic E-state index is 0.0838. The van der Waals surface area contributed by atoms with E-state index in [0.717, 1.165) is 0 Å². The molecule has 1 fully saturated rings. The number of hydrogen-bond acceptors (Lipinski definition) is 5. The number of hydrogen-bond donors (Lipinski definition) is 1. The van der Waals surface area contributed by atoms with E-state index in [1.165, 1.54) is 38.1 Å². The van der Waals surface area contributed by atoms with Crippen molar-refractivity contribution in [3.05, 3.63) is 0 Å². The van der Waals surface area contributed by atoms with Gasteiger partial charge in [-0.1, -0.05) is 0 Å². The molecule has 1 N–H and O–H groups in total. The first-order chi connectivity index (χ1) is 7.58. The Labute approximate surface area is 94.5 Å². The molecule has 0 spiro atoms. The molecule has 94 valence electrons. The smallest absolute Gasteiger partial charge is 0.328 e. The van der Waals surface area contributed by atoms with E-state index in [0.29, 0.717) is 0 Å². The standard InChI is InChI=1S/C9H18N2O5/c1-6(12)11-8(16-4)7(15-3)10(5-14-2)9(11)13/h6-8,12H,5H2,1-4H3. The summed E-state index contributed by atoms with van der Waals surface area (Å²) in [6.07, 6.45) is -2.18. The number of ether oxygens (including phenoxy) is 3. The number of aliphatic hydroxyl groups excluding tert-OH is 1. The zero-order valence-corrected chi connectivity index (χ0v) is 9.91. The molecule has 0 aromatic rings. The SMILES string of the molecule is COCN1C(=O)N(C(C)O)C(OC)C1OC. The number of aliphatic hydroxyl groups is 1. The summed E-state index contributed by atoms with van der Waals surface area (Å²) in [6.45, 7) is 1.58.